The fourth-order valence-corrected chi connectivity index (χ4v) is 2.89. The Labute approximate surface area is 134 Å². The second-order valence-corrected chi connectivity index (χ2v) is 6.88. The molecule has 0 radical (unpaired) electrons. The molecule has 0 bridgehead atoms. The summed E-state index contributed by atoms with van der Waals surface area (Å²) in [5, 5.41) is 0. The van der Waals surface area contributed by atoms with Crippen LogP contribution in [-0.4, -0.2) is 16.7 Å². The van der Waals surface area contributed by atoms with Crippen LogP contribution in [0.4, 0.5) is 5.82 Å². The normalized spacial score (nSPS) is 11.7. The van der Waals surface area contributed by atoms with Gasteiger partial charge < -0.3 is 15.0 Å². The molecule has 1 heterocycles. The van der Waals surface area contributed by atoms with Crippen LogP contribution < -0.4 is 10.5 Å². The number of nitrogens with two attached hydrogens (primary N) is 1. The van der Waals surface area contributed by atoms with E-state index in [0.29, 0.717) is 5.82 Å². The molecule has 0 saturated carbocycles. The van der Waals surface area contributed by atoms with Gasteiger partial charge in [-0.15, -0.1) is 0 Å². The molecular formula is C16H22BrN3O. The van der Waals surface area contributed by atoms with Gasteiger partial charge in [0.2, 0.25) is 0 Å². The van der Waals surface area contributed by atoms with Crippen molar-refractivity contribution in [1.82, 2.24) is 9.55 Å². The molecule has 2 rings (SSSR count). The highest BCUT2D eigenvalue weighted by Crippen LogP contribution is 2.37. The molecule has 2 N–H and O–H groups in total. The number of anilines is 1. The Kier molecular flexibility index (Phi) is 4.33. The third kappa shape index (κ3) is 2.93. The van der Waals surface area contributed by atoms with Crippen molar-refractivity contribution >= 4 is 21.7 Å². The van der Waals surface area contributed by atoms with Crippen LogP contribution in [0.15, 0.2) is 22.7 Å². The summed E-state index contributed by atoms with van der Waals surface area (Å²) < 4.78 is 8.53. The van der Waals surface area contributed by atoms with Gasteiger partial charge in [-0.1, -0.05) is 22.9 Å². The van der Waals surface area contributed by atoms with Gasteiger partial charge >= 0.3 is 0 Å². The molecule has 0 unspecified atom stereocenters. The van der Waals surface area contributed by atoms with Gasteiger partial charge in [0, 0.05) is 22.0 Å². The quantitative estimate of drug-likeness (QED) is 0.900. The minimum atomic E-state index is -0.111. The van der Waals surface area contributed by atoms with E-state index < -0.39 is 0 Å². The highest BCUT2D eigenvalue weighted by molar-refractivity contribution is 9.10. The number of imidazole rings is 1. The van der Waals surface area contributed by atoms with Gasteiger partial charge in [0.25, 0.3) is 0 Å². The summed E-state index contributed by atoms with van der Waals surface area (Å²) in [5.41, 5.74) is 7.97. The van der Waals surface area contributed by atoms with Crippen LogP contribution >= 0.6 is 15.9 Å². The predicted molar refractivity (Wildman–Crippen MR) is 90.7 cm³/mol. The van der Waals surface area contributed by atoms with Crippen molar-refractivity contribution in [3.05, 3.63) is 28.5 Å². The van der Waals surface area contributed by atoms with Crippen LogP contribution in [0.25, 0.3) is 11.3 Å². The van der Waals surface area contributed by atoms with Gasteiger partial charge in [0.1, 0.15) is 23.1 Å². The molecule has 2 aromatic rings. The number of aryl methyl sites for hydroxylation is 1. The van der Waals surface area contributed by atoms with Crippen molar-refractivity contribution in [2.75, 3.05) is 12.8 Å². The highest BCUT2D eigenvalue weighted by atomic mass is 79.9. The van der Waals surface area contributed by atoms with Crippen molar-refractivity contribution < 1.29 is 4.74 Å². The van der Waals surface area contributed by atoms with Gasteiger partial charge in [-0.3, -0.25) is 0 Å². The second-order valence-electron chi connectivity index (χ2n) is 5.97. The summed E-state index contributed by atoms with van der Waals surface area (Å²) in [5.74, 6) is 2.43. The summed E-state index contributed by atoms with van der Waals surface area (Å²) in [6, 6.07) is 5.85. The fraction of sp³-hybridized carbons (Fsp3) is 0.438. The number of nitrogen functional groups attached to an aromatic ring is 1. The number of hydrogen-bond donors (Lipinski definition) is 1. The fourth-order valence-electron chi connectivity index (χ4n) is 2.53. The Morgan fingerprint density at radius 1 is 1.33 bits per heavy atom. The predicted octanol–water partition coefficient (Wildman–Crippen LogP) is 4.22. The van der Waals surface area contributed by atoms with Gasteiger partial charge in [0.15, 0.2) is 0 Å². The average Bonchev–Trinajstić information content (AvgIpc) is 2.75. The number of nitrogens with zero attached hydrogens (tertiary/aromatic N) is 2. The Hall–Kier alpha value is -1.49. The van der Waals surface area contributed by atoms with E-state index in [1.54, 1.807) is 7.11 Å². The second kappa shape index (κ2) is 5.72. The molecule has 5 heteroatoms. The van der Waals surface area contributed by atoms with E-state index in [4.69, 9.17) is 15.5 Å². The SMILES string of the molecule is CCc1nc(-c2cc(Br)ccc2OC)c(N)n1C(C)(C)C. The first-order valence-electron chi connectivity index (χ1n) is 7.01. The lowest BCUT2D eigenvalue weighted by Crippen LogP contribution is -2.25. The smallest absolute Gasteiger partial charge is 0.132 e. The first-order valence-corrected chi connectivity index (χ1v) is 7.80. The third-order valence-electron chi connectivity index (χ3n) is 3.39. The Morgan fingerprint density at radius 2 is 2.00 bits per heavy atom. The zero-order valence-corrected chi connectivity index (χ0v) is 14.8. The maximum Gasteiger partial charge on any atom is 0.132 e. The molecule has 0 amide bonds. The summed E-state index contributed by atoms with van der Waals surface area (Å²) in [7, 11) is 1.66. The highest BCUT2D eigenvalue weighted by Gasteiger charge is 2.25. The molecule has 0 atom stereocenters. The Balaban J connectivity index is 2.72. The van der Waals surface area contributed by atoms with E-state index >= 15 is 0 Å². The summed E-state index contributed by atoms with van der Waals surface area (Å²) in [4.78, 5) is 4.75. The van der Waals surface area contributed by atoms with Gasteiger partial charge in [0.05, 0.1) is 7.11 Å². The number of hydrogen-bond acceptors (Lipinski definition) is 3. The molecule has 4 nitrogen and oxygen atoms in total. The third-order valence-corrected chi connectivity index (χ3v) is 3.88. The van der Waals surface area contributed by atoms with Crippen molar-refractivity contribution in [2.45, 2.75) is 39.7 Å². The zero-order valence-electron chi connectivity index (χ0n) is 13.2. The molecule has 0 spiro atoms. The monoisotopic (exact) mass is 351 g/mol. The summed E-state index contributed by atoms with van der Waals surface area (Å²) in [6.07, 6.45) is 0.831. The van der Waals surface area contributed by atoms with Crippen molar-refractivity contribution in [1.29, 1.82) is 0 Å². The molecule has 0 fully saturated rings. The minimum Gasteiger partial charge on any atom is -0.496 e. The molecule has 0 aliphatic carbocycles. The van der Waals surface area contributed by atoms with E-state index in [-0.39, 0.29) is 5.54 Å². The number of benzene rings is 1. The molecule has 1 aromatic carbocycles. The van der Waals surface area contributed by atoms with Gasteiger partial charge in [-0.2, -0.15) is 0 Å². The molecule has 0 saturated heterocycles. The minimum absolute atomic E-state index is 0.111. The van der Waals surface area contributed by atoms with E-state index in [9.17, 15) is 0 Å². The molecular weight excluding hydrogens is 330 g/mol. The first-order chi connectivity index (χ1) is 9.79. The summed E-state index contributed by atoms with van der Waals surface area (Å²) in [6.45, 7) is 8.48. The zero-order chi connectivity index (χ0) is 15.8. The van der Waals surface area contributed by atoms with E-state index in [0.717, 1.165) is 33.7 Å². The molecule has 0 aliphatic rings. The number of methoxy groups -OCH3 is 1. The maximum absolute atomic E-state index is 6.40. The number of halogens is 1. The van der Waals surface area contributed by atoms with Crippen molar-refractivity contribution in [3.8, 4) is 17.0 Å². The number of aromatic nitrogens is 2. The van der Waals surface area contributed by atoms with Crippen molar-refractivity contribution in [2.24, 2.45) is 0 Å². The van der Waals surface area contributed by atoms with Crippen LogP contribution in [-0.2, 0) is 12.0 Å². The molecule has 1 aromatic heterocycles. The van der Waals surface area contributed by atoms with Gasteiger partial charge in [-0.25, -0.2) is 4.98 Å². The van der Waals surface area contributed by atoms with Crippen LogP contribution in [0, 0.1) is 0 Å². The standard InChI is InChI=1S/C16H22BrN3O/c1-6-13-19-14(15(18)20(13)16(2,3)4)11-9-10(17)7-8-12(11)21-5/h7-9H,6,18H2,1-5H3. The van der Waals surface area contributed by atoms with Crippen molar-refractivity contribution in [3.63, 3.8) is 0 Å². The number of ether oxygens (including phenoxy) is 1. The van der Waals surface area contributed by atoms with E-state index in [2.05, 4.69) is 48.2 Å². The Morgan fingerprint density at radius 3 is 2.48 bits per heavy atom. The van der Waals surface area contributed by atoms with Crippen LogP contribution in [0.1, 0.15) is 33.5 Å². The molecule has 21 heavy (non-hydrogen) atoms. The first kappa shape index (κ1) is 15.9. The summed E-state index contributed by atoms with van der Waals surface area (Å²) >= 11 is 3.50. The van der Waals surface area contributed by atoms with Crippen LogP contribution in [0.3, 0.4) is 0 Å². The van der Waals surface area contributed by atoms with E-state index in [1.807, 2.05) is 18.2 Å². The Bertz CT molecular complexity index is 656. The van der Waals surface area contributed by atoms with Crippen LogP contribution in [0.2, 0.25) is 0 Å². The largest absolute Gasteiger partial charge is 0.496 e. The maximum atomic E-state index is 6.40. The van der Waals surface area contributed by atoms with E-state index in [1.165, 1.54) is 0 Å². The number of rotatable bonds is 3. The lowest BCUT2D eigenvalue weighted by molar-refractivity contribution is 0.389. The lowest BCUT2D eigenvalue weighted by Gasteiger charge is -2.24. The average molecular weight is 352 g/mol. The van der Waals surface area contributed by atoms with Gasteiger partial charge in [-0.05, 0) is 39.0 Å². The molecule has 0 aliphatic heterocycles. The van der Waals surface area contributed by atoms with Crippen LogP contribution in [0.5, 0.6) is 5.75 Å². The topological polar surface area (TPSA) is 53.1 Å². The molecule has 114 valence electrons. The lowest BCUT2D eigenvalue weighted by atomic mass is 10.1.